The Balaban J connectivity index is 2.75. The fourth-order valence-electron chi connectivity index (χ4n) is 6.94. The third-order valence-electron chi connectivity index (χ3n) is 10.0. The summed E-state index contributed by atoms with van der Waals surface area (Å²) >= 11 is 0. The van der Waals surface area contributed by atoms with Crippen molar-refractivity contribution < 1.29 is 47.7 Å². The standard InChI is InChI=1S/C45H71N2O10P/c1-8-11-13-15-20-24-40(49)56-42(33(4)5)45(58(52,53)54)47(44(34(6)7)57-41(50)25-21-16-14-12-9-2)38(43(51)46-31-30-39(48)55-10-3)32-35-26-28-37(29-27-35)36-22-18-17-19-23-36/h17-19,22-23,26-29,33-34,38,42,44-45H,8-16,20-21,24-25,30-32H2,1-7H3,(H,46,51)(H2,52,53,54). The summed E-state index contributed by atoms with van der Waals surface area (Å²) in [6.45, 7) is 12.8. The van der Waals surface area contributed by atoms with E-state index in [1.807, 2.05) is 54.6 Å². The molecule has 0 spiro atoms. The van der Waals surface area contributed by atoms with Crippen LogP contribution in [0.25, 0.3) is 11.1 Å². The normalized spacial score (nSPS) is 13.9. The van der Waals surface area contributed by atoms with E-state index >= 15 is 0 Å². The Morgan fingerprint density at radius 2 is 1.21 bits per heavy atom. The van der Waals surface area contributed by atoms with Crippen molar-refractivity contribution >= 4 is 31.4 Å². The summed E-state index contributed by atoms with van der Waals surface area (Å²) in [4.78, 5) is 77.8. The van der Waals surface area contributed by atoms with Gasteiger partial charge in [0.25, 0.3) is 0 Å². The molecule has 12 nitrogen and oxygen atoms in total. The molecule has 0 bridgehead atoms. The van der Waals surface area contributed by atoms with Gasteiger partial charge in [0.1, 0.15) is 6.10 Å². The maximum Gasteiger partial charge on any atom is 0.346 e. The average Bonchev–Trinajstić information content (AvgIpc) is 3.17. The zero-order valence-corrected chi connectivity index (χ0v) is 36.9. The van der Waals surface area contributed by atoms with Gasteiger partial charge in [-0.3, -0.25) is 23.7 Å². The molecular weight excluding hydrogens is 759 g/mol. The molecule has 2 aromatic rings. The van der Waals surface area contributed by atoms with Gasteiger partial charge in [0.2, 0.25) is 5.91 Å². The lowest BCUT2D eigenvalue weighted by atomic mass is 9.96. The Morgan fingerprint density at radius 1 is 0.672 bits per heavy atom. The molecule has 0 aliphatic rings. The quantitative estimate of drug-likeness (QED) is 0.0235. The van der Waals surface area contributed by atoms with Gasteiger partial charge in [-0.1, -0.05) is 148 Å². The van der Waals surface area contributed by atoms with Crippen LogP contribution in [-0.4, -0.2) is 75.8 Å². The second-order valence-corrected chi connectivity index (χ2v) is 17.4. The second-order valence-electron chi connectivity index (χ2n) is 15.7. The van der Waals surface area contributed by atoms with Gasteiger partial charge in [0, 0.05) is 25.3 Å². The number of nitrogens with zero attached hydrogens (tertiary/aromatic N) is 1. The Labute approximate surface area is 347 Å². The molecule has 4 atom stereocenters. The van der Waals surface area contributed by atoms with Crippen LogP contribution in [0.5, 0.6) is 0 Å². The van der Waals surface area contributed by atoms with E-state index < -0.39 is 67.4 Å². The molecule has 0 aromatic heterocycles. The fraction of sp³-hybridized carbons (Fsp3) is 0.644. The van der Waals surface area contributed by atoms with Crippen LogP contribution in [0.15, 0.2) is 54.6 Å². The highest BCUT2D eigenvalue weighted by Gasteiger charge is 2.52. The Bertz CT molecular complexity index is 1550. The van der Waals surface area contributed by atoms with Gasteiger partial charge >= 0.3 is 25.5 Å². The van der Waals surface area contributed by atoms with Gasteiger partial charge in [0.15, 0.2) is 12.0 Å². The summed E-state index contributed by atoms with van der Waals surface area (Å²) in [6, 6.07) is 15.9. The van der Waals surface area contributed by atoms with E-state index in [9.17, 15) is 33.5 Å². The second kappa shape index (κ2) is 27.2. The molecule has 0 aliphatic carbocycles. The molecule has 58 heavy (non-hydrogen) atoms. The van der Waals surface area contributed by atoms with E-state index in [0.29, 0.717) is 18.4 Å². The average molecular weight is 831 g/mol. The van der Waals surface area contributed by atoms with Crippen molar-refractivity contribution in [1.29, 1.82) is 0 Å². The number of nitrogens with one attached hydrogen (secondary N) is 1. The largest absolute Gasteiger partial charge is 0.466 e. The molecule has 0 saturated carbocycles. The van der Waals surface area contributed by atoms with E-state index in [-0.39, 0.29) is 38.8 Å². The molecule has 0 heterocycles. The first-order valence-electron chi connectivity index (χ1n) is 21.4. The van der Waals surface area contributed by atoms with Crippen LogP contribution in [0, 0.1) is 11.8 Å². The highest BCUT2D eigenvalue weighted by molar-refractivity contribution is 7.52. The lowest BCUT2D eigenvalue weighted by molar-refractivity contribution is -0.181. The van der Waals surface area contributed by atoms with Crippen molar-refractivity contribution in [3.05, 3.63) is 60.2 Å². The molecule has 4 unspecified atom stereocenters. The smallest absolute Gasteiger partial charge is 0.346 e. The SMILES string of the molecule is CCCCCCCC(=O)OC(C(C)C)C(N(C(Cc1ccc(-c2ccccc2)cc1)C(=O)NCCC(=O)OCC)C(OC(=O)CCCCCCC)C(C)C)P(=O)(O)O. The topological polar surface area (TPSA) is 169 Å². The minimum absolute atomic E-state index is 0.0625. The first-order chi connectivity index (χ1) is 27.6. The van der Waals surface area contributed by atoms with Crippen molar-refractivity contribution in [3.63, 3.8) is 0 Å². The van der Waals surface area contributed by atoms with Crippen molar-refractivity contribution in [1.82, 2.24) is 10.2 Å². The number of amides is 1. The first-order valence-corrected chi connectivity index (χ1v) is 23.1. The summed E-state index contributed by atoms with van der Waals surface area (Å²) in [5.74, 6) is -5.42. The molecule has 0 aliphatic heterocycles. The fourth-order valence-corrected chi connectivity index (χ4v) is 8.37. The number of hydrogen-bond donors (Lipinski definition) is 3. The Hall–Kier alpha value is -3.57. The molecule has 0 radical (unpaired) electrons. The molecular formula is C45H71N2O10P. The molecule has 326 valence electrons. The molecule has 0 saturated heterocycles. The summed E-state index contributed by atoms with van der Waals surface area (Å²) in [5.41, 5.74) is 2.58. The highest BCUT2D eigenvalue weighted by Crippen LogP contribution is 2.49. The van der Waals surface area contributed by atoms with Crippen molar-refractivity contribution in [2.24, 2.45) is 11.8 Å². The van der Waals surface area contributed by atoms with Crippen molar-refractivity contribution in [2.45, 2.75) is 163 Å². The van der Waals surface area contributed by atoms with Crippen LogP contribution in [0.2, 0.25) is 0 Å². The monoisotopic (exact) mass is 830 g/mol. The number of carbonyl (C=O) groups is 4. The van der Waals surface area contributed by atoms with Gasteiger partial charge < -0.3 is 29.3 Å². The van der Waals surface area contributed by atoms with Crippen LogP contribution in [0.3, 0.4) is 0 Å². The summed E-state index contributed by atoms with van der Waals surface area (Å²) in [7, 11) is -5.30. The summed E-state index contributed by atoms with van der Waals surface area (Å²) in [6.07, 6.45) is 6.05. The third-order valence-corrected chi connectivity index (χ3v) is 11.3. The third kappa shape index (κ3) is 18.1. The zero-order valence-electron chi connectivity index (χ0n) is 36.0. The van der Waals surface area contributed by atoms with Crippen molar-refractivity contribution in [3.8, 4) is 11.1 Å². The summed E-state index contributed by atoms with van der Waals surface area (Å²) in [5, 5.41) is 2.79. The number of unbranched alkanes of at least 4 members (excludes halogenated alkanes) is 8. The van der Waals surface area contributed by atoms with Crippen LogP contribution in [0.1, 0.15) is 138 Å². The zero-order chi connectivity index (χ0) is 43.1. The molecule has 1 amide bonds. The molecule has 2 aromatic carbocycles. The molecule has 2 rings (SSSR count). The Kier molecular flexibility index (Phi) is 23.8. The maximum absolute atomic E-state index is 14.6. The predicted molar refractivity (Wildman–Crippen MR) is 227 cm³/mol. The predicted octanol–water partition coefficient (Wildman–Crippen LogP) is 8.95. The number of rotatable bonds is 29. The molecule has 13 heteroatoms. The number of esters is 3. The van der Waals surface area contributed by atoms with Gasteiger partial charge in [-0.2, -0.15) is 0 Å². The maximum atomic E-state index is 14.6. The lowest BCUT2D eigenvalue weighted by Crippen LogP contribution is -2.62. The van der Waals surface area contributed by atoms with Gasteiger partial charge in [0.05, 0.1) is 19.1 Å². The van der Waals surface area contributed by atoms with Crippen LogP contribution in [0.4, 0.5) is 0 Å². The van der Waals surface area contributed by atoms with E-state index in [1.54, 1.807) is 34.6 Å². The van der Waals surface area contributed by atoms with Gasteiger partial charge in [-0.25, -0.2) is 4.90 Å². The van der Waals surface area contributed by atoms with E-state index in [0.717, 1.165) is 62.5 Å². The molecule has 0 fully saturated rings. The Morgan fingerprint density at radius 3 is 1.71 bits per heavy atom. The van der Waals surface area contributed by atoms with Crippen LogP contribution >= 0.6 is 7.60 Å². The highest BCUT2D eigenvalue weighted by atomic mass is 31.2. The summed E-state index contributed by atoms with van der Waals surface area (Å²) < 4.78 is 31.2. The van der Waals surface area contributed by atoms with Crippen molar-refractivity contribution in [2.75, 3.05) is 13.2 Å². The van der Waals surface area contributed by atoms with Gasteiger partial charge in [-0.05, 0) is 48.8 Å². The van der Waals surface area contributed by atoms with E-state index in [2.05, 4.69) is 19.2 Å². The first kappa shape index (κ1) is 50.6. The van der Waals surface area contributed by atoms with E-state index in [4.69, 9.17) is 14.2 Å². The number of benzene rings is 2. The van der Waals surface area contributed by atoms with E-state index in [1.165, 1.54) is 4.90 Å². The number of carbonyl (C=O) groups excluding carboxylic acids is 4. The van der Waals surface area contributed by atoms with Gasteiger partial charge in [-0.15, -0.1) is 0 Å². The molecule has 3 N–H and O–H groups in total. The minimum atomic E-state index is -5.30. The number of ether oxygens (including phenoxy) is 3. The van der Waals surface area contributed by atoms with Crippen LogP contribution < -0.4 is 5.32 Å². The number of hydrogen-bond acceptors (Lipinski definition) is 9. The lowest BCUT2D eigenvalue weighted by Gasteiger charge is -2.46. The minimum Gasteiger partial charge on any atom is -0.466 e. The van der Waals surface area contributed by atoms with Crippen LogP contribution in [-0.2, 0) is 44.4 Å².